The predicted molar refractivity (Wildman–Crippen MR) is 104 cm³/mol. The summed E-state index contributed by atoms with van der Waals surface area (Å²) in [5, 5.41) is 5.31. The van der Waals surface area contributed by atoms with Gasteiger partial charge in [-0.3, -0.25) is 9.59 Å². The second-order valence-electron chi connectivity index (χ2n) is 6.01. The standard InChI is InChI=1S/C21H18F2N2O5/c1-28-17-9-8-13(11-18(17)30-21(22)23)19(26)25-16-7-3-2-6-15(16)20(27)24-12-14-5-4-10-29-14/h2-11,21H,12H2,1H3,(H,24,27)(H,25,26). The Labute approximate surface area is 170 Å². The van der Waals surface area contributed by atoms with Crippen molar-refractivity contribution in [3.63, 3.8) is 0 Å². The Bertz CT molecular complexity index is 1020. The predicted octanol–water partition coefficient (Wildman–Crippen LogP) is 4.07. The molecule has 0 radical (unpaired) electrons. The highest BCUT2D eigenvalue weighted by Crippen LogP contribution is 2.30. The van der Waals surface area contributed by atoms with Crippen molar-refractivity contribution in [1.82, 2.24) is 5.32 Å². The van der Waals surface area contributed by atoms with E-state index in [2.05, 4.69) is 15.4 Å². The molecule has 1 heterocycles. The molecule has 2 N–H and O–H groups in total. The molecule has 3 aromatic rings. The van der Waals surface area contributed by atoms with Crippen molar-refractivity contribution in [3.8, 4) is 11.5 Å². The molecular weight excluding hydrogens is 398 g/mol. The zero-order chi connectivity index (χ0) is 21.5. The fourth-order valence-electron chi connectivity index (χ4n) is 2.67. The van der Waals surface area contributed by atoms with Crippen LogP contribution in [-0.2, 0) is 6.54 Å². The highest BCUT2D eigenvalue weighted by molar-refractivity contribution is 6.09. The van der Waals surface area contributed by atoms with Crippen LogP contribution in [0.1, 0.15) is 26.5 Å². The van der Waals surface area contributed by atoms with E-state index < -0.39 is 18.4 Å². The largest absolute Gasteiger partial charge is 0.493 e. The second-order valence-corrected chi connectivity index (χ2v) is 6.01. The summed E-state index contributed by atoms with van der Waals surface area (Å²) in [5.41, 5.74) is 0.541. The number of hydrogen-bond acceptors (Lipinski definition) is 5. The molecule has 0 spiro atoms. The molecule has 0 aliphatic rings. The quantitative estimate of drug-likeness (QED) is 0.578. The number of carbonyl (C=O) groups is 2. The van der Waals surface area contributed by atoms with Crippen LogP contribution in [0.15, 0.2) is 65.3 Å². The Hall–Kier alpha value is -3.88. The fourth-order valence-corrected chi connectivity index (χ4v) is 2.67. The first kappa shape index (κ1) is 20.8. The lowest BCUT2D eigenvalue weighted by Crippen LogP contribution is -2.24. The van der Waals surface area contributed by atoms with Gasteiger partial charge in [-0.1, -0.05) is 12.1 Å². The SMILES string of the molecule is COc1ccc(C(=O)Nc2ccccc2C(=O)NCc2ccco2)cc1OC(F)F. The molecule has 0 saturated carbocycles. The first-order chi connectivity index (χ1) is 14.5. The maximum Gasteiger partial charge on any atom is 0.387 e. The van der Waals surface area contributed by atoms with E-state index in [-0.39, 0.29) is 34.9 Å². The maximum atomic E-state index is 12.6. The number of alkyl halides is 2. The summed E-state index contributed by atoms with van der Waals surface area (Å²) in [6.45, 7) is -2.89. The summed E-state index contributed by atoms with van der Waals surface area (Å²) >= 11 is 0. The monoisotopic (exact) mass is 416 g/mol. The molecule has 0 aliphatic carbocycles. The van der Waals surface area contributed by atoms with Crippen LogP contribution in [-0.4, -0.2) is 25.5 Å². The van der Waals surface area contributed by atoms with Gasteiger partial charge >= 0.3 is 6.61 Å². The zero-order valence-corrected chi connectivity index (χ0v) is 15.9. The van der Waals surface area contributed by atoms with Crippen LogP contribution in [0.3, 0.4) is 0 Å². The van der Waals surface area contributed by atoms with Crippen LogP contribution >= 0.6 is 0 Å². The van der Waals surface area contributed by atoms with E-state index in [9.17, 15) is 18.4 Å². The molecule has 156 valence electrons. The van der Waals surface area contributed by atoms with E-state index >= 15 is 0 Å². The lowest BCUT2D eigenvalue weighted by molar-refractivity contribution is -0.0512. The molecule has 7 nitrogen and oxygen atoms in total. The van der Waals surface area contributed by atoms with Gasteiger partial charge in [0.15, 0.2) is 11.5 Å². The van der Waals surface area contributed by atoms with Crippen LogP contribution in [0.25, 0.3) is 0 Å². The van der Waals surface area contributed by atoms with E-state index in [1.54, 1.807) is 36.4 Å². The third-order valence-electron chi connectivity index (χ3n) is 4.07. The average molecular weight is 416 g/mol. The van der Waals surface area contributed by atoms with Crippen LogP contribution < -0.4 is 20.1 Å². The number of hydrogen-bond donors (Lipinski definition) is 2. The van der Waals surface area contributed by atoms with Gasteiger partial charge in [-0.25, -0.2) is 0 Å². The highest BCUT2D eigenvalue weighted by atomic mass is 19.3. The van der Waals surface area contributed by atoms with Crippen LogP contribution in [0.5, 0.6) is 11.5 Å². The van der Waals surface area contributed by atoms with Crippen molar-refractivity contribution in [2.75, 3.05) is 12.4 Å². The Morgan fingerprint density at radius 2 is 1.83 bits per heavy atom. The Balaban J connectivity index is 1.76. The number of benzene rings is 2. The minimum atomic E-state index is -3.07. The van der Waals surface area contributed by atoms with Gasteiger partial charge < -0.3 is 24.5 Å². The Morgan fingerprint density at radius 1 is 1.03 bits per heavy atom. The normalized spacial score (nSPS) is 10.5. The summed E-state index contributed by atoms with van der Waals surface area (Å²) < 4.78 is 39.7. The summed E-state index contributed by atoms with van der Waals surface area (Å²) in [6, 6.07) is 13.7. The van der Waals surface area contributed by atoms with Crippen LogP contribution in [0.4, 0.5) is 14.5 Å². The summed E-state index contributed by atoms with van der Waals surface area (Å²) in [6.07, 6.45) is 1.50. The number of anilines is 1. The molecule has 9 heteroatoms. The van der Waals surface area contributed by atoms with Crippen molar-refractivity contribution < 1.29 is 32.3 Å². The third kappa shape index (κ3) is 5.13. The molecule has 2 amide bonds. The third-order valence-corrected chi connectivity index (χ3v) is 4.07. The van der Waals surface area contributed by atoms with Crippen molar-refractivity contribution in [3.05, 3.63) is 77.7 Å². The summed E-state index contributed by atoms with van der Waals surface area (Å²) in [4.78, 5) is 25.1. The number of methoxy groups -OCH3 is 1. The van der Waals surface area contributed by atoms with Crippen molar-refractivity contribution >= 4 is 17.5 Å². The van der Waals surface area contributed by atoms with Gasteiger partial charge in [-0.05, 0) is 42.5 Å². The van der Waals surface area contributed by atoms with Gasteiger partial charge in [0.2, 0.25) is 0 Å². The van der Waals surface area contributed by atoms with E-state index in [0.717, 1.165) is 6.07 Å². The molecule has 30 heavy (non-hydrogen) atoms. The van der Waals surface area contributed by atoms with Gasteiger partial charge in [-0.15, -0.1) is 0 Å². The summed E-state index contributed by atoms with van der Waals surface area (Å²) in [5.74, 6) is -0.661. The van der Waals surface area contributed by atoms with Gasteiger partial charge in [0.1, 0.15) is 5.76 Å². The zero-order valence-electron chi connectivity index (χ0n) is 15.9. The van der Waals surface area contributed by atoms with Crippen LogP contribution in [0, 0.1) is 0 Å². The lowest BCUT2D eigenvalue weighted by atomic mass is 10.1. The van der Waals surface area contributed by atoms with Crippen molar-refractivity contribution in [2.45, 2.75) is 13.2 Å². The van der Waals surface area contributed by atoms with Gasteiger partial charge in [0, 0.05) is 5.56 Å². The molecule has 3 rings (SSSR count). The van der Waals surface area contributed by atoms with Gasteiger partial charge in [0.05, 0.1) is 31.2 Å². The van der Waals surface area contributed by atoms with E-state index in [4.69, 9.17) is 9.15 Å². The number of ether oxygens (including phenoxy) is 2. The number of nitrogens with one attached hydrogen (secondary N) is 2. The fraction of sp³-hybridized carbons (Fsp3) is 0.143. The van der Waals surface area contributed by atoms with E-state index in [0.29, 0.717) is 5.76 Å². The topological polar surface area (TPSA) is 89.8 Å². The summed E-state index contributed by atoms with van der Waals surface area (Å²) in [7, 11) is 1.30. The molecule has 0 bridgehead atoms. The van der Waals surface area contributed by atoms with E-state index in [1.807, 2.05) is 0 Å². The van der Waals surface area contributed by atoms with E-state index in [1.165, 1.54) is 25.5 Å². The molecule has 0 aliphatic heterocycles. The van der Waals surface area contributed by atoms with Crippen molar-refractivity contribution in [2.24, 2.45) is 0 Å². The molecule has 0 unspecified atom stereocenters. The lowest BCUT2D eigenvalue weighted by Gasteiger charge is -2.13. The number of carbonyl (C=O) groups excluding carboxylic acids is 2. The minimum absolute atomic E-state index is 0.0530. The molecule has 1 aromatic heterocycles. The van der Waals surface area contributed by atoms with Gasteiger partial charge in [-0.2, -0.15) is 8.78 Å². The minimum Gasteiger partial charge on any atom is -0.493 e. The number of rotatable bonds is 8. The smallest absolute Gasteiger partial charge is 0.387 e. The second kappa shape index (κ2) is 9.55. The average Bonchev–Trinajstić information content (AvgIpc) is 3.25. The molecule has 0 atom stereocenters. The number of para-hydroxylation sites is 1. The Kier molecular flexibility index (Phi) is 6.63. The number of amides is 2. The van der Waals surface area contributed by atoms with Crippen molar-refractivity contribution in [1.29, 1.82) is 0 Å². The first-order valence-corrected chi connectivity index (χ1v) is 8.81. The number of furan rings is 1. The van der Waals surface area contributed by atoms with Crippen LogP contribution in [0.2, 0.25) is 0 Å². The molecule has 2 aromatic carbocycles. The molecular formula is C21H18F2N2O5. The Morgan fingerprint density at radius 3 is 2.53 bits per heavy atom. The maximum absolute atomic E-state index is 12.6. The van der Waals surface area contributed by atoms with Gasteiger partial charge in [0.25, 0.3) is 11.8 Å². The number of halogens is 2. The highest BCUT2D eigenvalue weighted by Gasteiger charge is 2.17. The first-order valence-electron chi connectivity index (χ1n) is 8.81. The molecule has 0 saturated heterocycles. The molecule has 0 fully saturated rings.